The van der Waals surface area contributed by atoms with E-state index in [1.807, 2.05) is 0 Å². The van der Waals surface area contributed by atoms with Crippen LogP contribution in [0.2, 0.25) is 5.02 Å². The molecule has 1 aliphatic heterocycles. The van der Waals surface area contributed by atoms with E-state index in [1.165, 1.54) is 12.2 Å². The quantitative estimate of drug-likeness (QED) is 0.837. The topological polar surface area (TPSA) is 89.9 Å². The molecule has 8 heteroatoms. The molecule has 122 valence electrons. The van der Waals surface area contributed by atoms with Crippen molar-refractivity contribution in [2.45, 2.75) is 13.3 Å². The maximum Gasteiger partial charge on any atom is 0.294 e. The Morgan fingerprint density at radius 3 is 2.57 bits per heavy atom. The lowest BCUT2D eigenvalue weighted by atomic mass is 9.77. The Hall–Kier alpha value is -1.83. The van der Waals surface area contributed by atoms with Gasteiger partial charge >= 0.3 is 0 Å². The van der Waals surface area contributed by atoms with Crippen molar-refractivity contribution in [2.24, 2.45) is 5.41 Å². The minimum Gasteiger partial charge on any atom is -0.454 e. The van der Waals surface area contributed by atoms with Gasteiger partial charge in [0.1, 0.15) is 0 Å². The van der Waals surface area contributed by atoms with E-state index in [0.717, 1.165) is 6.08 Å². The van der Waals surface area contributed by atoms with Crippen molar-refractivity contribution < 1.29 is 27.2 Å². The van der Waals surface area contributed by atoms with Gasteiger partial charge in [0.25, 0.3) is 10.1 Å². The van der Waals surface area contributed by atoms with E-state index in [4.69, 9.17) is 25.6 Å². The lowest BCUT2D eigenvalue weighted by Gasteiger charge is -2.26. The summed E-state index contributed by atoms with van der Waals surface area (Å²) in [5.41, 5.74) is -0.286. The van der Waals surface area contributed by atoms with Gasteiger partial charge in [-0.05, 0) is 31.1 Å². The Kier molecular flexibility index (Phi) is 3.74. The minimum atomic E-state index is -4.41. The summed E-state index contributed by atoms with van der Waals surface area (Å²) >= 11 is 6.22. The lowest BCUT2D eigenvalue weighted by Crippen LogP contribution is -2.30. The van der Waals surface area contributed by atoms with E-state index >= 15 is 0 Å². The number of carbonyl (C=O) groups is 1. The molecule has 0 amide bonds. The zero-order valence-electron chi connectivity index (χ0n) is 12.1. The molecule has 1 aliphatic carbocycles. The van der Waals surface area contributed by atoms with E-state index < -0.39 is 26.2 Å². The monoisotopic (exact) mass is 356 g/mol. The Bertz CT molecular complexity index is 855. The molecule has 1 aromatic rings. The van der Waals surface area contributed by atoms with Crippen molar-refractivity contribution in [3.05, 3.63) is 45.9 Å². The molecule has 1 aromatic carbocycles. The second-order valence-corrected chi connectivity index (χ2v) is 7.44. The van der Waals surface area contributed by atoms with E-state index in [2.05, 4.69) is 0 Å². The van der Waals surface area contributed by atoms with Crippen LogP contribution in [0.3, 0.4) is 0 Å². The van der Waals surface area contributed by atoms with Gasteiger partial charge in [0.15, 0.2) is 17.3 Å². The molecule has 6 nitrogen and oxygen atoms in total. The Labute approximate surface area is 138 Å². The summed E-state index contributed by atoms with van der Waals surface area (Å²) in [7, 11) is -4.41. The summed E-state index contributed by atoms with van der Waals surface area (Å²) in [5.74, 6) is 0.665. The van der Waals surface area contributed by atoms with Crippen molar-refractivity contribution >= 4 is 27.5 Å². The van der Waals surface area contributed by atoms with Gasteiger partial charge in [0, 0.05) is 17.2 Å². The molecule has 0 spiro atoms. The highest BCUT2D eigenvalue weighted by Crippen LogP contribution is 2.40. The molecular formula is C15H13ClO6S. The Morgan fingerprint density at radius 2 is 1.96 bits per heavy atom. The summed E-state index contributed by atoms with van der Waals surface area (Å²) < 4.78 is 41.8. The highest BCUT2D eigenvalue weighted by molar-refractivity contribution is 7.90. The number of ether oxygens (including phenoxy) is 2. The van der Waals surface area contributed by atoms with Crippen LogP contribution in [-0.2, 0) is 21.3 Å². The van der Waals surface area contributed by atoms with E-state index in [0.29, 0.717) is 22.1 Å². The summed E-state index contributed by atoms with van der Waals surface area (Å²) in [5, 5.41) is 0.432. The van der Waals surface area contributed by atoms with Gasteiger partial charge in [0.2, 0.25) is 6.79 Å². The van der Waals surface area contributed by atoms with Crippen molar-refractivity contribution in [1.82, 2.24) is 0 Å². The summed E-state index contributed by atoms with van der Waals surface area (Å²) in [6.07, 6.45) is 3.86. The highest BCUT2D eigenvalue weighted by Gasteiger charge is 2.34. The number of benzene rings is 1. The number of carbonyl (C=O) groups excluding carboxylic acids is 1. The predicted molar refractivity (Wildman–Crippen MR) is 83.2 cm³/mol. The van der Waals surface area contributed by atoms with Gasteiger partial charge < -0.3 is 9.47 Å². The van der Waals surface area contributed by atoms with Gasteiger partial charge in [0.05, 0.1) is 10.3 Å². The first kappa shape index (κ1) is 16.0. The molecule has 1 N–H and O–H groups in total. The van der Waals surface area contributed by atoms with Gasteiger partial charge in [-0.2, -0.15) is 8.42 Å². The summed E-state index contributed by atoms with van der Waals surface area (Å²) in [6, 6.07) is 3.33. The zero-order chi connectivity index (χ0) is 16.8. The standard InChI is InChI=1S/C15H13ClO6S/c1-15(3-2-10(5-14(15)17)23(18,19)20)7-9-4-12-13(6-11(9)16)22-8-21-12/h2-6H,7-8H2,1H3,(H,18,19,20). The smallest absolute Gasteiger partial charge is 0.294 e. The third-order valence-corrected chi connectivity index (χ3v) is 5.05. The Balaban J connectivity index is 1.91. The fraction of sp³-hybridized carbons (Fsp3) is 0.267. The first-order chi connectivity index (χ1) is 10.7. The van der Waals surface area contributed by atoms with E-state index in [1.54, 1.807) is 19.1 Å². The maximum atomic E-state index is 12.3. The molecule has 1 atom stereocenters. The molecule has 1 unspecified atom stereocenters. The maximum absolute atomic E-state index is 12.3. The van der Waals surface area contributed by atoms with Crippen molar-refractivity contribution in [1.29, 1.82) is 0 Å². The number of ketones is 1. The van der Waals surface area contributed by atoms with Crippen LogP contribution in [-0.4, -0.2) is 25.5 Å². The Morgan fingerprint density at radius 1 is 1.30 bits per heavy atom. The van der Waals surface area contributed by atoms with Crippen LogP contribution in [0.1, 0.15) is 12.5 Å². The average molecular weight is 357 g/mol. The molecule has 23 heavy (non-hydrogen) atoms. The summed E-state index contributed by atoms with van der Waals surface area (Å²) in [6.45, 7) is 1.79. The molecule has 0 saturated carbocycles. The highest BCUT2D eigenvalue weighted by atomic mass is 35.5. The van der Waals surface area contributed by atoms with Gasteiger partial charge in [-0.25, -0.2) is 0 Å². The van der Waals surface area contributed by atoms with Crippen LogP contribution in [0.5, 0.6) is 11.5 Å². The number of rotatable bonds is 3. The lowest BCUT2D eigenvalue weighted by molar-refractivity contribution is -0.120. The van der Waals surface area contributed by atoms with Crippen molar-refractivity contribution in [3.63, 3.8) is 0 Å². The molecular weight excluding hydrogens is 344 g/mol. The molecule has 0 fully saturated rings. The number of allylic oxidation sites excluding steroid dienone is 3. The van der Waals surface area contributed by atoms with E-state index in [9.17, 15) is 13.2 Å². The largest absolute Gasteiger partial charge is 0.454 e. The molecule has 0 bridgehead atoms. The molecule has 3 rings (SSSR count). The van der Waals surface area contributed by atoms with Crippen LogP contribution in [0.15, 0.2) is 35.3 Å². The van der Waals surface area contributed by atoms with Crippen LogP contribution >= 0.6 is 11.6 Å². The first-order valence-electron chi connectivity index (χ1n) is 6.70. The van der Waals surface area contributed by atoms with Gasteiger partial charge in [-0.3, -0.25) is 9.35 Å². The third-order valence-electron chi connectivity index (χ3n) is 3.85. The van der Waals surface area contributed by atoms with Gasteiger partial charge in [-0.15, -0.1) is 0 Å². The molecule has 0 radical (unpaired) electrons. The molecule has 2 aliphatic rings. The van der Waals surface area contributed by atoms with Crippen LogP contribution in [0.25, 0.3) is 0 Å². The number of hydrogen-bond acceptors (Lipinski definition) is 5. The minimum absolute atomic E-state index is 0.117. The van der Waals surface area contributed by atoms with Crippen LogP contribution in [0, 0.1) is 5.41 Å². The number of halogens is 1. The number of fused-ring (bicyclic) bond motifs is 1. The second kappa shape index (κ2) is 5.36. The molecule has 1 heterocycles. The molecule has 0 aromatic heterocycles. The zero-order valence-corrected chi connectivity index (χ0v) is 13.6. The fourth-order valence-electron chi connectivity index (χ4n) is 2.49. The van der Waals surface area contributed by atoms with Crippen LogP contribution < -0.4 is 9.47 Å². The average Bonchev–Trinajstić information content (AvgIpc) is 2.88. The molecule has 0 saturated heterocycles. The van der Waals surface area contributed by atoms with Crippen LogP contribution in [0.4, 0.5) is 0 Å². The fourth-order valence-corrected chi connectivity index (χ4v) is 3.20. The van der Waals surface area contributed by atoms with Gasteiger partial charge in [-0.1, -0.05) is 17.7 Å². The first-order valence-corrected chi connectivity index (χ1v) is 8.52. The second-order valence-electron chi connectivity index (χ2n) is 5.61. The van der Waals surface area contributed by atoms with Crippen molar-refractivity contribution in [2.75, 3.05) is 6.79 Å². The summed E-state index contributed by atoms with van der Waals surface area (Å²) in [4.78, 5) is 11.9. The number of hydrogen-bond donors (Lipinski definition) is 1. The predicted octanol–water partition coefficient (Wildman–Crippen LogP) is 2.53. The van der Waals surface area contributed by atoms with E-state index in [-0.39, 0.29) is 13.2 Å². The van der Waals surface area contributed by atoms with Crippen molar-refractivity contribution in [3.8, 4) is 11.5 Å². The normalized spacial score (nSPS) is 23.1. The SMILES string of the molecule is CC1(Cc2cc3c(cc2Cl)OCO3)C=CC(S(=O)(=O)O)=CC1=O. The third kappa shape index (κ3) is 2.99.